The van der Waals surface area contributed by atoms with Gasteiger partial charge in [-0.3, -0.25) is 0 Å². The van der Waals surface area contributed by atoms with Crippen LogP contribution in [0.25, 0.3) is 11.1 Å². The second-order valence-corrected chi connectivity index (χ2v) is 6.44. The monoisotopic (exact) mass is 270 g/mol. The zero-order valence-electron chi connectivity index (χ0n) is 12.8. The molecular formula is C18H22O2. The van der Waals surface area contributed by atoms with E-state index in [9.17, 15) is 10.2 Å². The van der Waals surface area contributed by atoms with Crippen molar-refractivity contribution in [3.63, 3.8) is 0 Å². The number of aromatic hydroxyl groups is 2. The fourth-order valence-corrected chi connectivity index (χ4v) is 2.43. The molecule has 0 unspecified atom stereocenters. The first kappa shape index (κ1) is 14.4. The first-order valence-corrected chi connectivity index (χ1v) is 6.84. The number of hydrogen-bond acceptors (Lipinski definition) is 2. The summed E-state index contributed by atoms with van der Waals surface area (Å²) in [5.41, 5.74) is 4.86. The molecule has 0 aromatic heterocycles. The van der Waals surface area contributed by atoms with E-state index in [2.05, 4.69) is 26.8 Å². The second-order valence-electron chi connectivity index (χ2n) is 6.44. The van der Waals surface area contributed by atoms with E-state index < -0.39 is 0 Å². The van der Waals surface area contributed by atoms with Crippen molar-refractivity contribution in [1.29, 1.82) is 0 Å². The van der Waals surface area contributed by atoms with Gasteiger partial charge in [0.15, 0.2) is 0 Å². The number of aryl methyl sites for hydroxylation is 2. The van der Waals surface area contributed by atoms with Gasteiger partial charge in [0.2, 0.25) is 0 Å². The summed E-state index contributed by atoms with van der Waals surface area (Å²) in [4.78, 5) is 0. The molecule has 0 aliphatic heterocycles. The van der Waals surface area contributed by atoms with Crippen LogP contribution in [0.2, 0.25) is 0 Å². The van der Waals surface area contributed by atoms with E-state index >= 15 is 0 Å². The van der Waals surface area contributed by atoms with Crippen LogP contribution in [-0.4, -0.2) is 10.2 Å². The number of benzene rings is 2. The Morgan fingerprint density at radius 3 is 2.00 bits per heavy atom. The average molecular weight is 270 g/mol. The molecule has 2 heteroatoms. The Hall–Kier alpha value is -1.96. The van der Waals surface area contributed by atoms with E-state index in [0.717, 1.165) is 27.8 Å². The summed E-state index contributed by atoms with van der Waals surface area (Å²) in [6.45, 7) is 10.1. The predicted octanol–water partition coefficient (Wildman–Crippen LogP) is 4.68. The Morgan fingerprint density at radius 2 is 1.45 bits per heavy atom. The summed E-state index contributed by atoms with van der Waals surface area (Å²) in [5.74, 6) is 0.649. The summed E-state index contributed by atoms with van der Waals surface area (Å²) in [6, 6.07) is 9.47. The molecule has 0 spiro atoms. The molecule has 0 aliphatic carbocycles. The lowest BCUT2D eigenvalue weighted by atomic mass is 9.83. The van der Waals surface area contributed by atoms with Crippen LogP contribution in [0.5, 0.6) is 11.5 Å². The standard InChI is InChI=1S/C18H22O2/c1-11-9-17(20)15(18(3,4)5)10-14(11)13-6-7-16(19)12(2)8-13/h6-10,19-20H,1-5H3. The molecule has 0 saturated heterocycles. The van der Waals surface area contributed by atoms with Gasteiger partial charge < -0.3 is 10.2 Å². The molecule has 106 valence electrons. The predicted molar refractivity (Wildman–Crippen MR) is 83.4 cm³/mol. The topological polar surface area (TPSA) is 40.5 Å². The minimum Gasteiger partial charge on any atom is -0.508 e. The zero-order valence-corrected chi connectivity index (χ0v) is 12.8. The largest absolute Gasteiger partial charge is 0.508 e. The first-order valence-electron chi connectivity index (χ1n) is 6.84. The fourth-order valence-electron chi connectivity index (χ4n) is 2.43. The highest BCUT2D eigenvalue weighted by molar-refractivity contribution is 5.71. The number of phenolic OH excluding ortho intramolecular Hbond substituents is 2. The maximum atomic E-state index is 10.2. The van der Waals surface area contributed by atoms with Crippen LogP contribution in [0.15, 0.2) is 30.3 Å². The maximum Gasteiger partial charge on any atom is 0.119 e. The van der Waals surface area contributed by atoms with Gasteiger partial charge in [-0.2, -0.15) is 0 Å². The molecule has 20 heavy (non-hydrogen) atoms. The molecule has 0 amide bonds. The fraction of sp³-hybridized carbons (Fsp3) is 0.333. The summed E-state index contributed by atoms with van der Waals surface area (Å²) in [6.07, 6.45) is 0. The molecule has 0 fully saturated rings. The van der Waals surface area contributed by atoms with E-state index in [1.807, 2.05) is 32.0 Å². The van der Waals surface area contributed by atoms with Crippen molar-refractivity contribution >= 4 is 0 Å². The minimum absolute atomic E-state index is 0.113. The zero-order chi connectivity index (χ0) is 15.1. The van der Waals surface area contributed by atoms with Gasteiger partial charge in [-0.15, -0.1) is 0 Å². The molecule has 2 aromatic rings. The Labute approximate surface area is 120 Å². The highest BCUT2D eigenvalue weighted by Gasteiger charge is 2.20. The van der Waals surface area contributed by atoms with E-state index in [-0.39, 0.29) is 5.41 Å². The summed E-state index contributed by atoms with van der Waals surface area (Å²) < 4.78 is 0. The van der Waals surface area contributed by atoms with Gasteiger partial charge in [-0.1, -0.05) is 26.8 Å². The summed E-state index contributed by atoms with van der Waals surface area (Å²) in [7, 11) is 0. The van der Waals surface area contributed by atoms with E-state index in [4.69, 9.17) is 0 Å². The molecule has 0 bridgehead atoms. The number of rotatable bonds is 1. The average Bonchev–Trinajstić information content (AvgIpc) is 2.31. The van der Waals surface area contributed by atoms with Crippen molar-refractivity contribution in [2.75, 3.05) is 0 Å². The van der Waals surface area contributed by atoms with Crippen LogP contribution >= 0.6 is 0 Å². The van der Waals surface area contributed by atoms with Gasteiger partial charge in [0.05, 0.1) is 0 Å². The Kier molecular flexibility index (Phi) is 3.51. The maximum absolute atomic E-state index is 10.2. The quantitative estimate of drug-likeness (QED) is 0.790. The molecule has 0 saturated carbocycles. The second kappa shape index (κ2) is 4.86. The SMILES string of the molecule is Cc1cc(-c2cc(C(C)(C)C)c(O)cc2C)ccc1O. The van der Waals surface area contributed by atoms with Crippen LogP contribution in [0.4, 0.5) is 0 Å². The van der Waals surface area contributed by atoms with Gasteiger partial charge in [-0.25, -0.2) is 0 Å². The Morgan fingerprint density at radius 1 is 0.800 bits per heavy atom. The molecule has 0 radical (unpaired) electrons. The lowest BCUT2D eigenvalue weighted by Gasteiger charge is -2.22. The number of phenols is 2. The van der Waals surface area contributed by atoms with Crippen LogP contribution in [-0.2, 0) is 5.41 Å². The van der Waals surface area contributed by atoms with E-state index in [1.165, 1.54) is 0 Å². The molecule has 0 heterocycles. The van der Waals surface area contributed by atoms with Crippen molar-refractivity contribution in [3.8, 4) is 22.6 Å². The molecule has 2 nitrogen and oxygen atoms in total. The van der Waals surface area contributed by atoms with E-state index in [0.29, 0.717) is 11.5 Å². The van der Waals surface area contributed by atoms with Crippen molar-refractivity contribution in [2.45, 2.75) is 40.0 Å². The van der Waals surface area contributed by atoms with Crippen molar-refractivity contribution in [3.05, 3.63) is 47.0 Å². The lowest BCUT2D eigenvalue weighted by molar-refractivity contribution is 0.446. The summed E-state index contributed by atoms with van der Waals surface area (Å²) >= 11 is 0. The molecule has 2 N–H and O–H groups in total. The normalized spacial score (nSPS) is 11.7. The third-order valence-corrected chi connectivity index (χ3v) is 3.66. The van der Waals surface area contributed by atoms with Gasteiger partial charge in [-0.05, 0) is 71.3 Å². The van der Waals surface area contributed by atoms with Crippen molar-refractivity contribution in [1.82, 2.24) is 0 Å². The molecule has 0 atom stereocenters. The Bertz CT molecular complexity index is 649. The van der Waals surface area contributed by atoms with Gasteiger partial charge in [0.25, 0.3) is 0 Å². The lowest BCUT2D eigenvalue weighted by Crippen LogP contribution is -2.11. The Balaban J connectivity index is 2.65. The number of hydrogen-bond donors (Lipinski definition) is 2. The van der Waals surface area contributed by atoms with Gasteiger partial charge in [0.1, 0.15) is 11.5 Å². The van der Waals surface area contributed by atoms with Crippen LogP contribution in [0.3, 0.4) is 0 Å². The first-order chi connectivity index (χ1) is 9.20. The third kappa shape index (κ3) is 2.64. The van der Waals surface area contributed by atoms with Crippen LogP contribution in [0, 0.1) is 13.8 Å². The molecule has 0 aliphatic rings. The van der Waals surface area contributed by atoms with Gasteiger partial charge >= 0.3 is 0 Å². The summed E-state index contributed by atoms with van der Waals surface area (Å²) in [5, 5.41) is 19.8. The minimum atomic E-state index is -0.113. The highest BCUT2D eigenvalue weighted by atomic mass is 16.3. The highest BCUT2D eigenvalue weighted by Crippen LogP contribution is 2.37. The van der Waals surface area contributed by atoms with Crippen molar-refractivity contribution < 1.29 is 10.2 Å². The third-order valence-electron chi connectivity index (χ3n) is 3.66. The van der Waals surface area contributed by atoms with E-state index in [1.54, 1.807) is 6.07 Å². The van der Waals surface area contributed by atoms with Crippen LogP contribution in [0.1, 0.15) is 37.5 Å². The molecular weight excluding hydrogens is 248 g/mol. The molecule has 2 aromatic carbocycles. The van der Waals surface area contributed by atoms with Gasteiger partial charge in [0, 0.05) is 0 Å². The van der Waals surface area contributed by atoms with Crippen molar-refractivity contribution in [2.24, 2.45) is 0 Å². The van der Waals surface area contributed by atoms with Crippen LogP contribution < -0.4 is 0 Å². The smallest absolute Gasteiger partial charge is 0.119 e. The molecule has 2 rings (SSSR count).